The molecule has 0 aliphatic carbocycles. The van der Waals surface area contributed by atoms with Gasteiger partial charge < -0.3 is 72.0 Å². The summed E-state index contributed by atoms with van der Waals surface area (Å²) in [6, 6.07) is 15.4. The van der Waals surface area contributed by atoms with Crippen molar-refractivity contribution in [2.45, 2.75) is 26.3 Å². The van der Waals surface area contributed by atoms with Gasteiger partial charge in [0.05, 0.1) is 69.6 Å². The molecular formula is C61H45N3O17S7. The summed E-state index contributed by atoms with van der Waals surface area (Å²) in [5, 5.41) is 19.5. The minimum Gasteiger partial charge on any atom is -0.486 e. The van der Waals surface area contributed by atoms with E-state index in [-0.39, 0.29) is 42.2 Å². The normalized spacial score (nSPS) is 16.3. The Morgan fingerprint density at radius 3 is 1.30 bits per heavy atom. The lowest BCUT2D eigenvalue weighted by molar-refractivity contribution is -0.138. The zero-order chi connectivity index (χ0) is 59.5. The number of rotatable bonds is 11. The quantitative estimate of drug-likeness (QED) is 0.115. The molecule has 2 N–H and O–H groups in total. The van der Waals surface area contributed by atoms with Crippen molar-refractivity contribution >= 4 is 114 Å². The number of aryl methyl sites for hydroxylation is 2. The van der Waals surface area contributed by atoms with Crippen molar-refractivity contribution in [3.05, 3.63) is 89.4 Å². The molecule has 88 heavy (non-hydrogen) atoms. The number of aliphatic carboxylic acids is 2. The molecule has 14 heterocycles. The van der Waals surface area contributed by atoms with E-state index >= 15 is 0 Å². The molecule has 0 saturated carbocycles. The zero-order valence-electron chi connectivity index (χ0n) is 46.2. The molecule has 7 aliphatic rings. The van der Waals surface area contributed by atoms with Crippen molar-refractivity contribution in [1.29, 1.82) is 0 Å². The fraction of sp³-hybridized carbons (Fsp3) is 0.279. The van der Waals surface area contributed by atoms with Gasteiger partial charge in [0.2, 0.25) is 0 Å². The molecule has 0 unspecified atom stereocenters. The molecule has 7 aliphatic heterocycles. The first-order valence-electron chi connectivity index (χ1n) is 28.0. The SMILES string of the molecule is [C-]#[N+]/C(C(=O)O)=c1\s/c(=C\c2sc(-c3sc(-c4sc(-c5sc(-c6sc(-c7sc(-c8ccc9c(c8)CCc8ccccc8N9CC)c8c7OCCO8)c7c6OCCO7)c6c5OCCO6)c5c4OCCO5)c4c3OCCO4)c3c2OCCO3)c(=O)n1CC(=O)O. The number of carbonyl (C=O) groups is 2. The standard InChI is InChI=1S/C61H45N3O17S7/c1-3-63-30-7-5-4-6-27(30)8-9-28-24-29(10-11-31(28)63)48-38-39(73-15-14-72-38)51(84-48)52-42-43(77-19-18-76-42)55(86-52)56-46-47(81-23-22-80-46)58(88-56)57-45-44(78-20-21-79-45)54(87-57)53-41-40(74-16-17-75-41)50(85-53)49-37-36(70-12-13-71-37)32(82-49)25-33-59(67)64(26-34(65)66)60(83-33)35(62-2)61(68)69/h4-7,10-11,24-25H,3,8-9,12-23,26H2,1H3,(H,65,66)(H,68,69)/b33-25-,60-35-. The molecule has 7 aromatic heterocycles. The third kappa shape index (κ3) is 8.88. The smallest absolute Gasteiger partial charge is 0.336 e. The number of aromatic nitrogens is 1. The number of benzene rings is 2. The predicted molar refractivity (Wildman–Crippen MR) is 335 cm³/mol. The number of carboxylic acids is 2. The van der Waals surface area contributed by atoms with E-state index in [2.05, 4.69) is 59.1 Å². The van der Waals surface area contributed by atoms with Crippen LogP contribution in [0.1, 0.15) is 22.9 Å². The lowest BCUT2D eigenvalue weighted by Crippen LogP contribution is -2.35. The van der Waals surface area contributed by atoms with Crippen LogP contribution in [0.2, 0.25) is 0 Å². The topological polar surface area (TPSA) is 215 Å². The van der Waals surface area contributed by atoms with Crippen LogP contribution in [-0.4, -0.2) is 113 Å². The second kappa shape index (κ2) is 22.0. The monoisotopic (exact) mass is 1320 g/mol. The number of fused-ring (bicyclic) bond motifs is 8. The number of carboxylic acid groups (broad SMARTS) is 2. The maximum Gasteiger partial charge on any atom is 0.336 e. The Kier molecular flexibility index (Phi) is 13.8. The number of nitrogens with zero attached hydrogens (tertiary/aromatic N) is 3. The number of thiophene rings is 6. The van der Waals surface area contributed by atoms with Crippen molar-refractivity contribution in [2.24, 2.45) is 0 Å². The molecule has 27 heteroatoms. The number of hydrogen-bond donors (Lipinski definition) is 2. The number of para-hydroxylation sites is 1. The Morgan fingerprint density at radius 1 is 0.500 bits per heavy atom. The van der Waals surface area contributed by atoms with Gasteiger partial charge in [0.1, 0.15) is 90.5 Å². The van der Waals surface area contributed by atoms with Crippen molar-refractivity contribution in [3.63, 3.8) is 0 Å². The van der Waals surface area contributed by atoms with E-state index in [9.17, 15) is 24.6 Å². The molecule has 0 amide bonds. The summed E-state index contributed by atoms with van der Waals surface area (Å²) in [6.07, 6.45) is 3.34. The maximum atomic E-state index is 13.8. The summed E-state index contributed by atoms with van der Waals surface area (Å²) in [5.41, 5.74) is 4.57. The Morgan fingerprint density at radius 2 is 0.875 bits per heavy atom. The van der Waals surface area contributed by atoms with Gasteiger partial charge in [-0.2, -0.15) is 0 Å². The highest BCUT2D eigenvalue weighted by molar-refractivity contribution is 7.32. The van der Waals surface area contributed by atoms with Crippen LogP contribution in [0.15, 0.2) is 47.3 Å². The fourth-order valence-corrected chi connectivity index (χ4v) is 20.5. The average molecular weight is 1320 g/mol. The molecule has 16 rings (SSSR count). The molecule has 0 spiro atoms. The van der Waals surface area contributed by atoms with E-state index in [0.29, 0.717) is 146 Å². The van der Waals surface area contributed by atoms with Crippen LogP contribution in [0.3, 0.4) is 0 Å². The van der Waals surface area contributed by atoms with Gasteiger partial charge in [-0.3, -0.25) is 19.0 Å². The highest BCUT2D eigenvalue weighted by Crippen LogP contribution is 2.69. The highest BCUT2D eigenvalue weighted by Gasteiger charge is 2.41. The lowest BCUT2D eigenvalue weighted by Gasteiger charge is -2.25. The third-order valence-corrected chi connectivity index (χ3v) is 24.2. The molecule has 448 valence electrons. The van der Waals surface area contributed by atoms with Crippen LogP contribution >= 0.6 is 79.4 Å². The maximum absolute atomic E-state index is 13.8. The van der Waals surface area contributed by atoms with Gasteiger partial charge in [0.15, 0.2) is 69.0 Å². The van der Waals surface area contributed by atoms with Crippen LogP contribution in [0, 0.1) is 6.57 Å². The third-order valence-electron chi connectivity index (χ3n) is 15.3. The van der Waals surface area contributed by atoms with Crippen molar-refractivity contribution in [3.8, 4) is 128 Å². The van der Waals surface area contributed by atoms with Crippen molar-refractivity contribution in [2.75, 3.05) is 90.7 Å². The summed E-state index contributed by atoms with van der Waals surface area (Å²) in [7, 11) is 0. The Labute approximate surface area is 526 Å². The summed E-state index contributed by atoms with van der Waals surface area (Å²) < 4.78 is 78.6. The van der Waals surface area contributed by atoms with Gasteiger partial charge in [-0.25, -0.2) is 4.85 Å². The van der Waals surface area contributed by atoms with Crippen LogP contribution in [0.25, 0.3) is 75.8 Å². The molecule has 0 saturated heterocycles. The van der Waals surface area contributed by atoms with Gasteiger partial charge in [-0.1, -0.05) is 24.3 Å². The minimum absolute atomic E-state index is 0.00673. The molecule has 0 fully saturated rings. The zero-order valence-corrected chi connectivity index (χ0v) is 51.9. The second-order valence-corrected chi connectivity index (χ2v) is 27.6. The largest absolute Gasteiger partial charge is 0.486 e. The summed E-state index contributed by atoms with van der Waals surface area (Å²) in [6.45, 7) is 13.4. The van der Waals surface area contributed by atoms with Crippen molar-refractivity contribution < 1.29 is 76.6 Å². The highest BCUT2D eigenvalue weighted by atomic mass is 32.1. The van der Waals surface area contributed by atoms with E-state index < -0.39 is 29.7 Å². The Balaban J connectivity index is 0.800. The van der Waals surface area contributed by atoms with E-state index in [0.717, 1.165) is 68.5 Å². The molecule has 9 aromatic rings. The predicted octanol–water partition coefficient (Wildman–Crippen LogP) is 11.2. The average Bonchev–Trinajstić information content (AvgIpc) is 1.70. The van der Waals surface area contributed by atoms with Gasteiger partial charge in [0.25, 0.3) is 5.56 Å². The van der Waals surface area contributed by atoms with Gasteiger partial charge >= 0.3 is 17.6 Å². The summed E-state index contributed by atoms with van der Waals surface area (Å²) in [4.78, 5) is 52.3. The molecular weight excluding hydrogens is 1270 g/mol. The summed E-state index contributed by atoms with van der Waals surface area (Å²) >= 11 is 9.50. The number of thiazole rings is 1. The molecule has 20 nitrogen and oxygen atoms in total. The van der Waals surface area contributed by atoms with E-state index in [1.165, 1.54) is 73.9 Å². The van der Waals surface area contributed by atoms with Gasteiger partial charge in [-0.15, -0.1) is 79.4 Å². The van der Waals surface area contributed by atoms with E-state index in [4.69, 9.17) is 63.4 Å². The molecule has 2 aromatic carbocycles. The molecule has 0 bridgehead atoms. The van der Waals surface area contributed by atoms with Crippen LogP contribution < -0.4 is 76.5 Å². The summed E-state index contributed by atoms with van der Waals surface area (Å²) in [5.74, 6) is 3.54. The Bertz CT molecular complexity index is 4660. The van der Waals surface area contributed by atoms with Crippen molar-refractivity contribution in [1.82, 2.24) is 4.57 Å². The van der Waals surface area contributed by atoms with E-state index in [1.54, 1.807) is 22.7 Å². The van der Waals surface area contributed by atoms with E-state index in [1.807, 2.05) is 0 Å². The van der Waals surface area contributed by atoms with Crippen LogP contribution in [0.5, 0.6) is 69.0 Å². The van der Waals surface area contributed by atoms with Crippen LogP contribution in [0.4, 0.5) is 11.4 Å². The number of hydrogen-bond acceptors (Lipinski definition) is 23. The lowest BCUT2D eigenvalue weighted by atomic mass is 10.0. The number of anilines is 2. The van der Waals surface area contributed by atoms with Crippen LogP contribution in [-0.2, 0) is 29.0 Å². The number of ether oxygens (including phenoxy) is 12. The first-order chi connectivity index (χ1) is 43.1. The minimum atomic E-state index is -1.59. The first kappa shape index (κ1) is 55.0. The second-order valence-electron chi connectivity index (χ2n) is 20.4. The Hall–Kier alpha value is -8.36. The first-order valence-corrected chi connectivity index (χ1v) is 33.7. The molecule has 0 radical (unpaired) electrons. The molecule has 0 atom stereocenters. The van der Waals surface area contributed by atoms with Gasteiger partial charge in [0, 0.05) is 17.9 Å². The van der Waals surface area contributed by atoms with Gasteiger partial charge in [-0.05, 0) is 60.7 Å². The fourth-order valence-electron chi connectivity index (χ4n) is 11.7.